The van der Waals surface area contributed by atoms with E-state index in [0.29, 0.717) is 6.07 Å². The number of rotatable bonds is 6. The number of urea groups is 1. The van der Waals surface area contributed by atoms with Gasteiger partial charge in [-0.3, -0.25) is 4.79 Å². The van der Waals surface area contributed by atoms with Crippen LogP contribution in [-0.4, -0.2) is 49.6 Å². The average Bonchev–Trinajstić information content (AvgIpc) is 3.19. The zero-order valence-electron chi connectivity index (χ0n) is 19.3. The van der Waals surface area contributed by atoms with Gasteiger partial charge < -0.3 is 14.8 Å². The Morgan fingerprint density at radius 3 is 2.24 bits per heavy atom. The first-order valence-electron chi connectivity index (χ1n) is 10.6. The molecule has 2 amide bonds. The van der Waals surface area contributed by atoms with E-state index in [9.17, 15) is 35.9 Å². The number of alkyl halides is 6. The number of halogens is 7. The molecule has 1 aliphatic rings. The van der Waals surface area contributed by atoms with Gasteiger partial charge >= 0.3 is 24.4 Å². The lowest BCUT2D eigenvalue weighted by Gasteiger charge is -2.28. The molecule has 0 radical (unpaired) electrons. The summed E-state index contributed by atoms with van der Waals surface area (Å²) < 4.78 is 88.3. The Balaban J connectivity index is 2.00. The van der Waals surface area contributed by atoms with Crippen LogP contribution < -0.4 is 5.32 Å². The molecule has 7 nitrogen and oxygen atoms in total. The standard InChI is InChI=1S/C23H20ClF6N3O4/c1-3-37-19(34)21(12-36-2)11-33(20(35)31-15-7-5-14(6-8-15)22(25,26)27)32-18(21)13-4-9-16(17(24)10-13)23(28,29)30/h4-10H,3,11-12H2,1-2H3,(H,31,35). The largest absolute Gasteiger partial charge is 0.465 e. The fourth-order valence-electron chi connectivity index (χ4n) is 3.71. The minimum absolute atomic E-state index is 0.00713. The fourth-order valence-corrected chi connectivity index (χ4v) is 3.99. The number of methoxy groups -OCH3 is 1. The molecule has 1 aliphatic heterocycles. The first-order chi connectivity index (χ1) is 17.2. The molecule has 0 fully saturated rings. The maximum absolute atomic E-state index is 13.2. The van der Waals surface area contributed by atoms with Crippen LogP contribution in [0.2, 0.25) is 5.02 Å². The van der Waals surface area contributed by atoms with Crippen LogP contribution in [0.4, 0.5) is 36.8 Å². The third-order valence-corrected chi connectivity index (χ3v) is 5.71. The molecule has 0 saturated carbocycles. The Labute approximate surface area is 212 Å². The zero-order valence-corrected chi connectivity index (χ0v) is 20.1. The molecule has 0 bridgehead atoms. The Bertz CT molecular complexity index is 1200. The summed E-state index contributed by atoms with van der Waals surface area (Å²) in [6.45, 7) is 0.699. The Morgan fingerprint density at radius 1 is 1.08 bits per heavy atom. The number of hydrogen-bond donors (Lipinski definition) is 1. The second-order valence-corrected chi connectivity index (χ2v) is 8.35. The van der Waals surface area contributed by atoms with Crippen molar-refractivity contribution in [3.05, 3.63) is 64.2 Å². The van der Waals surface area contributed by atoms with E-state index in [4.69, 9.17) is 21.1 Å². The highest BCUT2D eigenvalue weighted by molar-refractivity contribution is 6.32. The lowest BCUT2D eigenvalue weighted by Crippen LogP contribution is -2.48. The number of hydrazone groups is 1. The van der Waals surface area contributed by atoms with Crippen molar-refractivity contribution in [2.24, 2.45) is 10.5 Å². The van der Waals surface area contributed by atoms with Crippen molar-refractivity contribution in [2.45, 2.75) is 19.3 Å². The molecule has 0 aliphatic carbocycles. The molecular formula is C23H20ClF6N3O4. The van der Waals surface area contributed by atoms with E-state index in [2.05, 4.69) is 10.4 Å². The molecule has 200 valence electrons. The predicted octanol–water partition coefficient (Wildman–Crippen LogP) is 5.83. The van der Waals surface area contributed by atoms with Crippen LogP contribution in [0.25, 0.3) is 0 Å². The second-order valence-electron chi connectivity index (χ2n) is 7.94. The van der Waals surface area contributed by atoms with Crippen molar-refractivity contribution in [3.8, 4) is 0 Å². The van der Waals surface area contributed by atoms with Gasteiger partial charge in [-0.2, -0.15) is 31.4 Å². The summed E-state index contributed by atoms with van der Waals surface area (Å²) in [6.07, 6.45) is -9.30. The van der Waals surface area contributed by atoms with Gasteiger partial charge in [0.15, 0.2) is 5.41 Å². The summed E-state index contributed by atoms with van der Waals surface area (Å²) in [5.74, 6) is -0.851. The van der Waals surface area contributed by atoms with Gasteiger partial charge in [-0.25, -0.2) is 9.80 Å². The number of ether oxygens (including phenoxy) is 2. The van der Waals surface area contributed by atoms with Gasteiger partial charge in [-0.15, -0.1) is 0 Å². The summed E-state index contributed by atoms with van der Waals surface area (Å²) in [5, 5.41) is 6.68. The number of anilines is 1. The first-order valence-corrected chi connectivity index (χ1v) is 11.0. The number of esters is 1. The average molecular weight is 552 g/mol. The van der Waals surface area contributed by atoms with Gasteiger partial charge in [0.05, 0.1) is 41.6 Å². The second kappa shape index (κ2) is 10.6. The van der Waals surface area contributed by atoms with Crippen molar-refractivity contribution in [2.75, 3.05) is 32.2 Å². The summed E-state index contributed by atoms with van der Waals surface area (Å²) in [7, 11) is 1.27. The Morgan fingerprint density at radius 2 is 1.73 bits per heavy atom. The molecule has 0 saturated heterocycles. The quantitative estimate of drug-likeness (QED) is 0.362. The molecule has 3 rings (SSSR count). The maximum atomic E-state index is 13.2. The molecule has 37 heavy (non-hydrogen) atoms. The third-order valence-electron chi connectivity index (χ3n) is 5.40. The van der Waals surface area contributed by atoms with Crippen LogP contribution in [0, 0.1) is 5.41 Å². The molecule has 1 unspecified atom stereocenters. The van der Waals surface area contributed by atoms with Crippen LogP contribution in [-0.2, 0) is 26.6 Å². The minimum atomic E-state index is -4.73. The van der Waals surface area contributed by atoms with Crippen molar-refractivity contribution in [1.82, 2.24) is 5.01 Å². The van der Waals surface area contributed by atoms with Gasteiger partial charge in [0, 0.05) is 18.4 Å². The van der Waals surface area contributed by atoms with E-state index in [1.807, 2.05) is 0 Å². The van der Waals surface area contributed by atoms with E-state index < -0.39 is 52.5 Å². The van der Waals surface area contributed by atoms with E-state index in [0.717, 1.165) is 41.4 Å². The van der Waals surface area contributed by atoms with Crippen LogP contribution in [0.15, 0.2) is 47.6 Å². The van der Waals surface area contributed by atoms with Crippen LogP contribution >= 0.6 is 11.6 Å². The number of carbonyl (C=O) groups is 2. The monoisotopic (exact) mass is 551 g/mol. The minimum Gasteiger partial charge on any atom is -0.465 e. The van der Waals surface area contributed by atoms with Crippen molar-refractivity contribution < 1.29 is 45.4 Å². The van der Waals surface area contributed by atoms with E-state index >= 15 is 0 Å². The molecule has 1 atom stereocenters. The summed E-state index contributed by atoms with van der Waals surface area (Å²) in [6, 6.07) is 5.42. The zero-order chi connectivity index (χ0) is 27.6. The third kappa shape index (κ3) is 5.99. The Hall–Kier alpha value is -3.32. The topological polar surface area (TPSA) is 80.2 Å². The van der Waals surface area contributed by atoms with Crippen LogP contribution in [0.3, 0.4) is 0 Å². The lowest BCUT2D eigenvalue weighted by molar-refractivity contribution is -0.153. The number of hydrogen-bond acceptors (Lipinski definition) is 5. The summed E-state index contributed by atoms with van der Waals surface area (Å²) in [5.41, 5.74) is -3.88. The SMILES string of the molecule is CCOC(=O)C1(COC)CN(C(=O)Nc2ccc(C(F)(F)F)cc2)N=C1c1ccc(C(F)(F)F)c(Cl)c1. The molecule has 2 aromatic rings. The van der Waals surface area contributed by atoms with Gasteiger partial charge in [0.25, 0.3) is 0 Å². The van der Waals surface area contributed by atoms with Crippen LogP contribution in [0.1, 0.15) is 23.6 Å². The van der Waals surface area contributed by atoms with Crippen molar-refractivity contribution in [3.63, 3.8) is 0 Å². The van der Waals surface area contributed by atoms with Crippen LogP contribution in [0.5, 0.6) is 0 Å². The predicted molar refractivity (Wildman–Crippen MR) is 121 cm³/mol. The van der Waals surface area contributed by atoms with Crippen molar-refractivity contribution in [1.29, 1.82) is 0 Å². The molecule has 0 spiro atoms. The molecule has 2 aromatic carbocycles. The molecular weight excluding hydrogens is 532 g/mol. The van der Waals surface area contributed by atoms with E-state index in [-0.39, 0.29) is 30.2 Å². The summed E-state index contributed by atoms with van der Waals surface area (Å²) in [4.78, 5) is 26.0. The molecule has 1 heterocycles. The van der Waals surface area contributed by atoms with Crippen molar-refractivity contribution >= 4 is 35.0 Å². The molecule has 0 aromatic heterocycles. The number of nitrogens with zero attached hydrogens (tertiary/aromatic N) is 2. The number of nitrogens with one attached hydrogen (secondary N) is 1. The highest BCUT2D eigenvalue weighted by Crippen LogP contribution is 2.39. The van der Waals surface area contributed by atoms with Gasteiger partial charge in [-0.1, -0.05) is 17.7 Å². The van der Waals surface area contributed by atoms with Gasteiger partial charge in [-0.05, 0) is 43.3 Å². The highest BCUT2D eigenvalue weighted by atomic mass is 35.5. The fraction of sp³-hybridized carbons (Fsp3) is 0.348. The highest BCUT2D eigenvalue weighted by Gasteiger charge is 2.53. The number of carbonyl (C=O) groups excluding carboxylic acids is 2. The number of benzene rings is 2. The van der Waals surface area contributed by atoms with E-state index in [1.165, 1.54) is 14.0 Å². The lowest BCUT2D eigenvalue weighted by atomic mass is 9.80. The van der Waals surface area contributed by atoms with Gasteiger partial charge in [0.1, 0.15) is 0 Å². The van der Waals surface area contributed by atoms with E-state index in [1.54, 1.807) is 0 Å². The van der Waals surface area contributed by atoms with Gasteiger partial charge in [0.2, 0.25) is 0 Å². The smallest absolute Gasteiger partial charge is 0.417 e. The molecule has 1 N–H and O–H groups in total. The first kappa shape index (κ1) is 28.3. The Kier molecular flexibility index (Phi) is 8.08. The maximum Gasteiger partial charge on any atom is 0.417 e. The summed E-state index contributed by atoms with van der Waals surface area (Å²) >= 11 is 5.86. The number of amides is 2. The normalized spacial score (nSPS) is 18.0. The molecule has 14 heteroatoms.